The fourth-order valence-electron chi connectivity index (χ4n) is 0.763. The van der Waals surface area contributed by atoms with Crippen molar-refractivity contribution in [2.45, 2.75) is 19.4 Å². The fraction of sp³-hybridized carbons (Fsp3) is 0.500. The molecule has 0 spiro atoms. The zero-order valence-electron chi connectivity index (χ0n) is 6.17. The van der Waals surface area contributed by atoms with Gasteiger partial charge in [-0.2, -0.15) is 5.10 Å². The van der Waals surface area contributed by atoms with Gasteiger partial charge in [-0.05, 0) is 6.92 Å². The van der Waals surface area contributed by atoms with Gasteiger partial charge in [-0.3, -0.25) is 5.10 Å². The van der Waals surface area contributed by atoms with Gasteiger partial charge in [0.15, 0.2) is 0 Å². The van der Waals surface area contributed by atoms with Crippen LogP contribution < -0.4 is 5.73 Å². The smallest absolute Gasteiger partial charge is 0.0815 e. The van der Waals surface area contributed by atoms with Crippen LogP contribution >= 0.6 is 24.0 Å². The minimum absolute atomic E-state index is 0. The van der Waals surface area contributed by atoms with Gasteiger partial charge < -0.3 is 5.73 Å². The predicted molar refractivity (Wildman–Crippen MR) is 48.2 cm³/mol. The number of halogens is 2. The Hall–Kier alpha value is -0.250. The average Bonchev–Trinajstić information content (AvgIpc) is 2.15. The molecule has 3 N–H and O–H groups in total. The molecule has 0 saturated heterocycles. The molecule has 0 saturated carbocycles. The van der Waals surface area contributed by atoms with Gasteiger partial charge in [-0.1, -0.05) is 11.6 Å². The molecule has 1 rings (SSSR count). The van der Waals surface area contributed by atoms with E-state index in [2.05, 4.69) is 10.2 Å². The highest BCUT2D eigenvalue weighted by Gasteiger charge is 2.03. The van der Waals surface area contributed by atoms with Crippen molar-refractivity contribution < 1.29 is 0 Å². The van der Waals surface area contributed by atoms with E-state index >= 15 is 0 Å². The Bertz CT molecular complexity index is 209. The molecule has 1 aromatic rings. The first-order valence-corrected chi connectivity index (χ1v) is 3.51. The lowest BCUT2D eigenvalue weighted by Crippen LogP contribution is -2.18. The van der Waals surface area contributed by atoms with E-state index < -0.39 is 0 Å². The summed E-state index contributed by atoms with van der Waals surface area (Å²) in [5.41, 5.74) is 6.46. The molecule has 0 fully saturated rings. The third-order valence-corrected chi connectivity index (χ3v) is 1.52. The number of nitrogens with zero attached hydrogens (tertiary/aromatic N) is 1. The molecule has 0 amide bonds. The molecule has 1 heterocycles. The van der Waals surface area contributed by atoms with Crippen molar-refractivity contribution in [1.82, 2.24) is 10.2 Å². The number of rotatable bonds is 2. The number of H-pyrrole nitrogens is 1. The molecular weight excluding hydrogens is 185 g/mol. The molecule has 1 aromatic heterocycles. The average molecular weight is 196 g/mol. The van der Waals surface area contributed by atoms with E-state index in [0.717, 1.165) is 12.1 Å². The largest absolute Gasteiger partial charge is 0.328 e. The predicted octanol–water partition coefficient (Wildman–Crippen LogP) is 1.37. The molecule has 0 aliphatic rings. The van der Waals surface area contributed by atoms with Crippen LogP contribution in [-0.4, -0.2) is 16.2 Å². The Morgan fingerprint density at radius 3 is 2.82 bits per heavy atom. The highest BCUT2D eigenvalue weighted by atomic mass is 35.5. The summed E-state index contributed by atoms with van der Waals surface area (Å²) in [7, 11) is 0. The van der Waals surface area contributed by atoms with E-state index in [1.807, 2.05) is 6.92 Å². The highest BCUT2D eigenvalue weighted by Crippen LogP contribution is 2.12. The van der Waals surface area contributed by atoms with Gasteiger partial charge in [0.05, 0.1) is 16.9 Å². The number of aromatic amines is 1. The Balaban J connectivity index is 0.000001000. The molecule has 0 aliphatic heterocycles. The quantitative estimate of drug-likeness (QED) is 0.750. The molecule has 0 aromatic carbocycles. The number of aromatic nitrogens is 2. The van der Waals surface area contributed by atoms with E-state index in [9.17, 15) is 0 Å². The van der Waals surface area contributed by atoms with Crippen LogP contribution in [0.3, 0.4) is 0 Å². The van der Waals surface area contributed by atoms with Gasteiger partial charge >= 0.3 is 0 Å². The molecule has 5 heteroatoms. The summed E-state index contributed by atoms with van der Waals surface area (Å²) in [5, 5.41) is 7.20. The summed E-state index contributed by atoms with van der Waals surface area (Å²) in [6, 6.07) is 0.123. The lowest BCUT2D eigenvalue weighted by molar-refractivity contribution is 0.719. The Morgan fingerprint density at radius 1 is 1.82 bits per heavy atom. The van der Waals surface area contributed by atoms with E-state index in [1.54, 1.807) is 6.20 Å². The van der Waals surface area contributed by atoms with Crippen LogP contribution in [0.4, 0.5) is 0 Å². The van der Waals surface area contributed by atoms with E-state index in [4.69, 9.17) is 17.3 Å². The summed E-state index contributed by atoms with van der Waals surface area (Å²) >= 11 is 5.73. The van der Waals surface area contributed by atoms with Crippen LogP contribution in [0.25, 0.3) is 0 Å². The number of hydrogen-bond donors (Lipinski definition) is 2. The van der Waals surface area contributed by atoms with Crippen LogP contribution in [-0.2, 0) is 6.42 Å². The second-order valence-corrected chi connectivity index (χ2v) is 2.79. The first kappa shape index (κ1) is 10.8. The minimum atomic E-state index is 0. The van der Waals surface area contributed by atoms with Gasteiger partial charge in [-0.25, -0.2) is 0 Å². The van der Waals surface area contributed by atoms with Crippen molar-refractivity contribution in [3.63, 3.8) is 0 Å². The highest BCUT2D eigenvalue weighted by molar-refractivity contribution is 6.31. The van der Waals surface area contributed by atoms with E-state index in [0.29, 0.717) is 5.02 Å². The van der Waals surface area contributed by atoms with Crippen molar-refractivity contribution in [2.75, 3.05) is 0 Å². The zero-order valence-corrected chi connectivity index (χ0v) is 7.75. The normalized spacial score (nSPS) is 12.3. The molecule has 1 unspecified atom stereocenters. The summed E-state index contributed by atoms with van der Waals surface area (Å²) < 4.78 is 0. The maximum absolute atomic E-state index is 5.73. The second-order valence-electron chi connectivity index (χ2n) is 2.38. The van der Waals surface area contributed by atoms with Crippen molar-refractivity contribution in [2.24, 2.45) is 5.73 Å². The SMILES string of the molecule is CC(N)Cc1[nH]ncc1Cl.Cl. The first-order chi connectivity index (χ1) is 4.70. The summed E-state index contributed by atoms with van der Waals surface area (Å²) in [4.78, 5) is 0. The number of nitrogens with two attached hydrogens (primary N) is 1. The van der Waals surface area contributed by atoms with Crippen LogP contribution in [0.15, 0.2) is 6.20 Å². The van der Waals surface area contributed by atoms with Crippen LogP contribution in [0.2, 0.25) is 5.02 Å². The zero-order chi connectivity index (χ0) is 7.56. The molecule has 11 heavy (non-hydrogen) atoms. The van der Waals surface area contributed by atoms with Crippen molar-refractivity contribution in [3.8, 4) is 0 Å². The molecule has 0 bridgehead atoms. The maximum atomic E-state index is 5.73. The monoisotopic (exact) mass is 195 g/mol. The number of hydrogen-bond acceptors (Lipinski definition) is 2. The van der Waals surface area contributed by atoms with Gasteiger partial charge in [0.25, 0.3) is 0 Å². The summed E-state index contributed by atoms with van der Waals surface area (Å²) in [6.07, 6.45) is 2.33. The fourth-order valence-corrected chi connectivity index (χ4v) is 0.932. The lowest BCUT2D eigenvalue weighted by atomic mass is 10.2. The van der Waals surface area contributed by atoms with Gasteiger partial charge in [0, 0.05) is 12.5 Å². The summed E-state index contributed by atoms with van der Waals surface area (Å²) in [6.45, 7) is 1.93. The summed E-state index contributed by atoms with van der Waals surface area (Å²) in [5.74, 6) is 0. The Kier molecular flexibility index (Phi) is 4.49. The van der Waals surface area contributed by atoms with Gasteiger partial charge in [-0.15, -0.1) is 12.4 Å². The molecule has 64 valence electrons. The van der Waals surface area contributed by atoms with Crippen LogP contribution in [0.5, 0.6) is 0 Å². The minimum Gasteiger partial charge on any atom is -0.328 e. The van der Waals surface area contributed by atoms with Gasteiger partial charge in [0.1, 0.15) is 0 Å². The van der Waals surface area contributed by atoms with Crippen LogP contribution in [0, 0.1) is 0 Å². The van der Waals surface area contributed by atoms with E-state index in [-0.39, 0.29) is 18.4 Å². The third-order valence-electron chi connectivity index (χ3n) is 1.19. The van der Waals surface area contributed by atoms with Crippen molar-refractivity contribution in [3.05, 3.63) is 16.9 Å². The van der Waals surface area contributed by atoms with Crippen LogP contribution in [0.1, 0.15) is 12.6 Å². The lowest BCUT2D eigenvalue weighted by Gasteiger charge is -2.00. The van der Waals surface area contributed by atoms with E-state index in [1.165, 1.54) is 0 Å². The maximum Gasteiger partial charge on any atom is 0.0815 e. The molecule has 1 atom stereocenters. The Morgan fingerprint density at radius 2 is 2.45 bits per heavy atom. The molecule has 0 radical (unpaired) electrons. The topological polar surface area (TPSA) is 54.7 Å². The molecular formula is C6H11Cl2N3. The number of nitrogens with one attached hydrogen (secondary N) is 1. The third kappa shape index (κ3) is 3.10. The molecule has 0 aliphatic carbocycles. The Labute approximate surface area is 76.7 Å². The van der Waals surface area contributed by atoms with Gasteiger partial charge in [0.2, 0.25) is 0 Å². The first-order valence-electron chi connectivity index (χ1n) is 3.13. The van der Waals surface area contributed by atoms with Crippen molar-refractivity contribution in [1.29, 1.82) is 0 Å². The molecule has 3 nitrogen and oxygen atoms in total. The van der Waals surface area contributed by atoms with Crippen molar-refractivity contribution >= 4 is 24.0 Å². The standard InChI is InChI=1S/C6H10ClN3.ClH/c1-4(8)2-6-5(7)3-9-10-6;/h3-4H,2,8H2,1H3,(H,9,10);1H. The second kappa shape index (κ2) is 4.59.